The lowest BCUT2D eigenvalue weighted by Gasteiger charge is -2.24. The van der Waals surface area contributed by atoms with E-state index in [9.17, 15) is 14.7 Å². The summed E-state index contributed by atoms with van der Waals surface area (Å²) in [6.07, 6.45) is 1.60. The van der Waals surface area contributed by atoms with Crippen molar-refractivity contribution >= 4 is 57.6 Å². The number of rotatable bonds is 4. The van der Waals surface area contributed by atoms with Gasteiger partial charge < -0.3 is 9.84 Å². The number of carbonyl (C=O) groups excluding carboxylic acids is 1. The van der Waals surface area contributed by atoms with Gasteiger partial charge in [0.2, 0.25) is 0 Å². The summed E-state index contributed by atoms with van der Waals surface area (Å²) in [5, 5.41) is 10.9. The quantitative estimate of drug-likeness (QED) is 0.365. The van der Waals surface area contributed by atoms with Crippen molar-refractivity contribution in [1.29, 1.82) is 0 Å². The highest BCUT2D eigenvalue weighted by Gasteiger charge is 2.33. The van der Waals surface area contributed by atoms with E-state index in [-0.39, 0.29) is 17.9 Å². The topological polar surface area (TPSA) is 80.9 Å². The summed E-state index contributed by atoms with van der Waals surface area (Å²) in [4.78, 5) is 31.5. The second-order valence-corrected chi connectivity index (χ2v) is 10.1. The molecule has 0 bridgehead atoms. The van der Waals surface area contributed by atoms with Crippen molar-refractivity contribution in [2.75, 3.05) is 6.61 Å². The molecule has 1 aromatic heterocycles. The van der Waals surface area contributed by atoms with E-state index in [1.54, 1.807) is 32.1 Å². The number of fused-ring (bicyclic) bond motifs is 1. The molecule has 0 spiro atoms. The van der Waals surface area contributed by atoms with Crippen molar-refractivity contribution in [2.45, 2.75) is 26.8 Å². The first-order valence-electron chi connectivity index (χ1n) is 10.2. The number of esters is 1. The minimum atomic E-state index is -0.670. The van der Waals surface area contributed by atoms with Crippen molar-refractivity contribution in [2.24, 2.45) is 4.99 Å². The molecule has 1 aliphatic rings. The number of phenolic OH excluding ortho intramolecular Hbond substituents is 1. The Morgan fingerprint density at radius 1 is 1.30 bits per heavy atom. The molecule has 1 atom stereocenters. The highest BCUT2D eigenvalue weighted by molar-refractivity contribution is 14.1. The van der Waals surface area contributed by atoms with Gasteiger partial charge in [0.15, 0.2) is 4.80 Å². The number of ether oxygens (including phenoxy) is 1. The summed E-state index contributed by atoms with van der Waals surface area (Å²) in [5.41, 5.74) is 2.81. The van der Waals surface area contributed by atoms with Crippen molar-refractivity contribution in [1.82, 2.24) is 4.57 Å². The second-order valence-electron chi connectivity index (χ2n) is 7.54. The fraction of sp³-hybridized carbons (Fsp3) is 0.208. The van der Waals surface area contributed by atoms with Gasteiger partial charge in [0, 0.05) is 10.6 Å². The Kier molecular flexibility index (Phi) is 6.78. The Balaban J connectivity index is 1.98. The summed E-state index contributed by atoms with van der Waals surface area (Å²) in [6.45, 7) is 5.67. The summed E-state index contributed by atoms with van der Waals surface area (Å²) in [5.74, 6) is -0.454. The molecular formula is C24H20ClIN2O4S. The van der Waals surface area contributed by atoms with Gasteiger partial charge >= 0.3 is 5.97 Å². The number of aromatic hydroxyl groups is 1. The van der Waals surface area contributed by atoms with Gasteiger partial charge in [-0.3, -0.25) is 9.36 Å². The highest BCUT2D eigenvalue weighted by atomic mass is 127. The summed E-state index contributed by atoms with van der Waals surface area (Å²) < 4.78 is 7.78. The Labute approximate surface area is 212 Å². The van der Waals surface area contributed by atoms with Crippen LogP contribution in [0.3, 0.4) is 0 Å². The van der Waals surface area contributed by atoms with Crippen LogP contribution in [-0.4, -0.2) is 22.2 Å². The minimum Gasteiger partial charge on any atom is -0.506 e. The molecule has 0 fully saturated rings. The third kappa shape index (κ3) is 4.51. The van der Waals surface area contributed by atoms with Gasteiger partial charge in [0.1, 0.15) is 5.75 Å². The zero-order chi connectivity index (χ0) is 23.9. The lowest BCUT2D eigenvalue weighted by molar-refractivity contribution is -0.139. The molecule has 4 rings (SSSR count). The van der Waals surface area contributed by atoms with Crippen LogP contribution < -0.4 is 14.9 Å². The fourth-order valence-electron chi connectivity index (χ4n) is 3.69. The molecule has 0 amide bonds. The van der Waals surface area contributed by atoms with Crippen molar-refractivity contribution < 1.29 is 14.6 Å². The normalized spacial score (nSPS) is 15.9. The number of hydrogen-bond acceptors (Lipinski definition) is 6. The van der Waals surface area contributed by atoms with Crippen LogP contribution in [0.25, 0.3) is 6.08 Å². The van der Waals surface area contributed by atoms with E-state index in [1.807, 2.05) is 53.8 Å². The Bertz CT molecular complexity index is 1470. The number of nitrogens with zero attached hydrogens (tertiary/aromatic N) is 2. The number of allylic oxidation sites excluding steroid dienone is 1. The fourth-order valence-corrected chi connectivity index (χ4v) is 5.79. The van der Waals surface area contributed by atoms with Crippen LogP contribution >= 0.6 is 45.5 Å². The molecule has 9 heteroatoms. The lowest BCUT2D eigenvalue weighted by atomic mass is 9.95. The highest BCUT2D eigenvalue weighted by Crippen LogP contribution is 2.31. The molecule has 0 saturated heterocycles. The number of aromatic nitrogens is 1. The van der Waals surface area contributed by atoms with Crippen molar-refractivity contribution in [3.63, 3.8) is 0 Å². The molecule has 170 valence electrons. The van der Waals surface area contributed by atoms with E-state index in [1.165, 1.54) is 15.9 Å². The van der Waals surface area contributed by atoms with Gasteiger partial charge in [0.25, 0.3) is 5.56 Å². The van der Waals surface area contributed by atoms with Crippen LogP contribution in [0.2, 0.25) is 5.02 Å². The van der Waals surface area contributed by atoms with Crippen molar-refractivity contribution in [3.8, 4) is 5.75 Å². The van der Waals surface area contributed by atoms with Gasteiger partial charge in [0.05, 0.1) is 32.0 Å². The van der Waals surface area contributed by atoms with Crippen LogP contribution in [0, 0.1) is 10.5 Å². The summed E-state index contributed by atoms with van der Waals surface area (Å²) in [6, 6.07) is 10.3. The number of benzene rings is 2. The molecule has 0 radical (unpaired) electrons. The molecular weight excluding hydrogens is 575 g/mol. The maximum absolute atomic E-state index is 13.6. The SMILES string of the molecule is CCOC(=O)C1=C(C)N=c2s/c(=C/c3cc(Cl)cc(I)c3O)c(=O)n2[C@@H]1c1ccc(C)cc1. The first-order valence-corrected chi connectivity index (χ1v) is 12.4. The Hall–Kier alpha value is -2.43. The number of carbonyl (C=O) groups is 1. The van der Waals surface area contributed by atoms with Crippen LogP contribution in [0.1, 0.15) is 36.6 Å². The number of aryl methyl sites for hydroxylation is 1. The monoisotopic (exact) mass is 594 g/mol. The smallest absolute Gasteiger partial charge is 0.338 e. The molecule has 3 aromatic rings. The first kappa shape index (κ1) is 23.7. The zero-order valence-electron chi connectivity index (χ0n) is 18.1. The third-order valence-corrected chi connectivity index (χ3v) is 7.28. The number of hydrogen-bond donors (Lipinski definition) is 1. The Morgan fingerprint density at radius 3 is 2.67 bits per heavy atom. The maximum atomic E-state index is 13.6. The van der Waals surface area contributed by atoms with Gasteiger partial charge in [-0.15, -0.1) is 0 Å². The van der Waals surface area contributed by atoms with E-state index < -0.39 is 12.0 Å². The van der Waals surface area contributed by atoms with E-state index in [0.717, 1.165) is 11.1 Å². The van der Waals surface area contributed by atoms with Crippen LogP contribution in [0.4, 0.5) is 0 Å². The molecule has 2 heterocycles. The van der Waals surface area contributed by atoms with E-state index in [2.05, 4.69) is 4.99 Å². The molecule has 33 heavy (non-hydrogen) atoms. The molecule has 2 aromatic carbocycles. The molecule has 1 N–H and O–H groups in total. The summed E-state index contributed by atoms with van der Waals surface area (Å²) >= 11 is 9.34. The first-order chi connectivity index (χ1) is 15.7. The molecule has 1 aliphatic heterocycles. The van der Waals surface area contributed by atoms with E-state index in [4.69, 9.17) is 16.3 Å². The van der Waals surface area contributed by atoms with E-state index in [0.29, 0.717) is 34.8 Å². The molecule has 0 unspecified atom stereocenters. The van der Waals surface area contributed by atoms with E-state index >= 15 is 0 Å². The Morgan fingerprint density at radius 2 is 2.00 bits per heavy atom. The number of halogens is 2. The van der Waals surface area contributed by atoms with Gasteiger partial charge in [-0.1, -0.05) is 52.8 Å². The number of phenols is 1. The van der Waals surface area contributed by atoms with Crippen LogP contribution in [0.5, 0.6) is 5.75 Å². The molecule has 0 saturated carbocycles. The lowest BCUT2D eigenvalue weighted by Crippen LogP contribution is -2.39. The van der Waals surface area contributed by atoms with Gasteiger partial charge in [-0.2, -0.15) is 0 Å². The maximum Gasteiger partial charge on any atom is 0.338 e. The minimum absolute atomic E-state index is 0.0457. The number of thiazole rings is 1. The molecule has 6 nitrogen and oxygen atoms in total. The second kappa shape index (κ2) is 9.44. The average molecular weight is 595 g/mol. The third-order valence-electron chi connectivity index (χ3n) is 5.25. The van der Waals surface area contributed by atoms with Gasteiger partial charge in [-0.25, -0.2) is 9.79 Å². The molecule has 0 aliphatic carbocycles. The average Bonchev–Trinajstić information content (AvgIpc) is 3.06. The largest absolute Gasteiger partial charge is 0.506 e. The standard InChI is InChI=1S/C24H20ClIN2O4S/c1-4-32-23(31)19-13(3)27-24-28(20(19)14-7-5-12(2)6-8-14)22(30)18(33-24)10-15-9-16(25)11-17(26)21(15)29/h5-11,20,29H,4H2,1-3H3/b18-10+/t20-/m1/s1. The van der Waals surface area contributed by atoms with Crippen LogP contribution in [-0.2, 0) is 9.53 Å². The van der Waals surface area contributed by atoms with Gasteiger partial charge in [-0.05, 0) is 67.1 Å². The van der Waals surface area contributed by atoms with Crippen LogP contribution in [0.15, 0.2) is 57.5 Å². The predicted molar refractivity (Wildman–Crippen MR) is 137 cm³/mol. The predicted octanol–water partition coefficient (Wildman–Crippen LogP) is 4.07. The zero-order valence-corrected chi connectivity index (χ0v) is 21.8. The van der Waals surface area contributed by atoms with Crippen molar-refractivity contribution in [3.05, 3.63) is 92.6 Å². The summed E-state index contributed by atoms with van der Waals surface area (Å²) in [7, 11) is 0.